The Morgan fingerprint density at radius 1 is 0.947 bits per heavy atom. The summed E-state index contributed by atoms with van der Waals surface area (Å²) in [4.78, 5) is 11.1. The fourth-order valence-electron chi connectivity index (χ4n) is 1.51. The lowest BCUT2D eigenvalue weighted by Crippen LogP contribution is -2.33. The standard InChI is InChI=1S/C15H14O4/c16-15(17)14(19-13-9-5-2-6-10-13)11-18-12-7-3-1-4-8-12/h1-10,14H,11H2,(H,16,17)/t14-/m0/s1. The van der Waals surface area contributed by atoms with Gasteiger partial charge in [-0.05, 0) is 24.3 Å². The number of ether oxygens (including phenoxy) is 2. The van der Waals surface area contributed by atoms with Gasteiger partial charge in [0, 0.05) is 0 Å². The molecule has 0 heterocycles. The van der Waals surface area contributed by atoms with Crippen LogP contribution >= 0.6 is 0 Å². The molecule has 2 aromatic carbocycles. The Kier molecular flexibility index (Phi) is 4.39. The van der Waals surface area contributed by atoms with Crippen LogP contribution in [0.15, 0.2) is 60.7 Å². The van der Waals surface area contributed by atoms with Crippen LogP contribution in [0.2, 0.25) is 0 Å². The van der Waals surface area contributed by atoms with Crippen LogP contribution in [0.1, 0.15) is 0 Å². The zero-order valence-electron chi connectivity index (χ0n) is 10.2. The van der Waals surface area contributed by atoms with Gasteiger partial charge in [-0.2, -0.15) is 0 Å². The number of carboxylic acids is 1. The number of carboxylic acid groups (broad SMARTS) is 1. The van der Waals surface area contributed by atoms with Gasteiger partial charge in [0.05, 0.1) is 0 Å². The van der Waals surface area contributed by atoms with Gasteiger partial charge in [-0.25, -0.2) is 4.79 Å². The van der Waals surface area contributed by atoms with E-state index >= 15 is 0 Å². The molecule has 0 aliphatic carbocycles. The molecule has 1 atom stereocenters. The van der Waals surface area contributed by atoms with Crippen LogP contribution in [0, 0.1) is 0 Å². The lowest BCUT2D eigenvalue weighted by Gasteiger charge is -2.15. The van der Waals surface area contributed by atoms with Crippen LogP contribution in [0.3, 0.4) is 0 Å². The SMILES string of the molecule is O=C(O)[C@H](COc1ccccc1)Oc1ccccc1. The molecule has 0 bridgehead atoms. The molecule has 0 aliphatic rings. The first kappa shape index (κ1) is 13.0. The predicted octanol–water partition coefficient (Wildman–Crippen LogP) is 2.60. The lowest BCUT2D eigenvalue weighted by atomic mass is 10.3. The van der Waals surface area contributed by atoms with E-state index in [-0.39, 0.29) is 6.61 Å². The minimum Gasteiger partial charge on any atom is -0.489 e. The molecular formula is C15H14O4. The predicted molar refractivity (Wildman–Crippen MR) is 70.4 cm³/mol. The number of hydrogen-bond donors (Lipinski definition) is 1. The van der Waals surface area contributed by atoms with Gasteiger partial charge in [0.2, 0.25) is 6.10 Å². The second-order valence-electron chi connectivity index (χ2n) is 3.88. The summed E-state index contributed by atoms with van der Waals surface area (Å²) in [6.45, 7) is -0.0474. The van der Waals surface area contributed by atoms with Crippen LogP contribution in [-0.2, 0) is 4.79 Å². The summed E-state index contributed by atoms with van der Waals surface area (Å²) >= 11 is 0. The van der Waals surface area contributed by atoms with E-state index in [9.17, 15) is 4.79 Å². The fraction of sp³-hybridized carbons (Fsp3) is 0.133. The van der Waals surface area contributed by atoms with Gasteiger partial charge in [-0.1, -0.05) is 36.4 Å². The van der Waals surface area contributed by atoms with Gasteiger partial charge in [0.25, 0.3) is 0 Å². The number of hydrogen-bond acceptors (Lipinski definition) is 3. The Morgan fingerprint density at radius 3 is 2.00 bits per heavy atom. The largest absolute Gasteiger partial charge is 0.489 e. The maximum Gasteiger partial charge on any atom is 0.348 e. The smallest absolute Gasteiger partial charge is 0.348 e. The zero-order chi connectivity index (χ0) is 13.5. The fourth-order valence-corrected chi connectivity index (χ4v) is 1.51. The number of carbonyl (C=O) groups is 1. The molecule has 2 rings (SSSR count). The van der Waals surface area contributed by atoms with Crippen LogP contribution in [0.5, 0.6) is 11.5 Å². The van der Waals surface area contributed by atoms with Gasteiger partial charge in [0.15, 0.2) is 0 Å². The number of benzene rings is 2. The summed E-state index contributed by atoms with van der Waals surface area (Å²) in [6, 6.07) is 17.9. The third-order valence-corrected chi connectivity index (χ3v) is 2.44. The first-order valence-corrected chi connectivity index (χ1v) is 5.88. The monoisotopic (exact) mass is 258 g/mol. The highest BCUT2D eigenvalue weighted by Gasteiger charge is 2.20. The molecule has 0 saturated carbocycles. The van der Waals surface area contributed by atoms with Crippen molar-refractivity contribution in [3.05, 3.63) is 60.7 Å². The Morgan fingerprint density at radius 2 is 1.47 bits per heavy atom. The topological polar surface area (TPSA) is 55.8 Å². The quantitative estimate of drug-likeness (QED) is 0.865. The molecule has 0 amide bonds. The van der Waals surface area contributed by atoms with Crippen molar-refractivity contribution >= 4 is 5.97 Å². The first-order valence-electron chi connectivity index (χ1n) is 5.88. The summed E-state index contributed by atoms with van der Waals surface area (Å²) in [5, 5.41) is 9.11. The molecule has 0 fully saturated rings. The van der Waals surface area contributed by atoms with E-state index in [1.165, 1.54) is 0 Å². The van der Waals surface area contributed by atoms with Gasteiger partial charge in [-0.3, -0.25) is 0 Å². The average molecular weight is 258 g/mol. The maximum absolute atomic E-state index is 11.1. The van der Waals surface area contributed by atoms with Gasteiger partial charge >= 0.3 is 5.97 Å². The molecule has 0 radical (unpaired) electrons. The first-order chi connectivity index (χ1) is 9.25. The molecule has 0 saturated heterocycles. The van der Waals surface area contributed by atoms with Crippen LogP contribution in [0.4, 0.5) is 0 Å². The molecule has 0 unspecified atom stereocenters. The van der Waals surface area contributed by atoms with Gasteiger partial charge < -0.3 is 14.6 Å². The van der Waals surface area contributed by atoms with Crippen molar-refractivity contribution in [3.8, 4) is 11.5 Å². The highest BCUT2D eigenvalue weighted by atomic mass is 16.6. The van der Waals surface area contributed by atoms with Crippen LogP contribution < -0.4 is 9.47 Å². The normalized spacial score (nSPS) is 11.6. The van der Waals surface area contributed by atoms with E-state index < -0.39 is 12.1 Å². The third-order valence-electron chi connectivity index (χ3n) is 2.44. The summed E-state index contributed by atoms with van der Waals surface area (Å²) in [7, 11) is 0. The van der Waals surface area contributed by atoms with Crippen molar-refractivity contribution in [2.24, 2.45) is 0 Å². The molecule has 0 aromatic heterocycles. The highest BCUT2D eigenvalue weighted by Crippen LogP contribution is 2.13. The Labute approximate surface area is 111 Å². The molecule has 0 spiro atoms. The van der Waals surface area contributed by atoms with Crippen molar-refractivity contribution in [1.29, 1.82) is 0 Å². The van der Waals surface area contributed by atoms with E-state index in [2.05, 4.69) is 0 Å². The van der Waals surface area contributed by atoms with Gasteiger partial charge in [-0.15, -0.1) is 0 Å². The van der Waals surface area contributed by atoms with Crippen molar-refractivity contribution in [2.45, 2.75) is 6.10 Å². The molecule has 4 nitrogen and oxygen atoms in total. The number of para-hydroxylation sites is 2. The summed E-state index contributed by atoms with van der Waals surface area (Å²) in [5.41, 5.74) is 0. The molecule has 0 aliphatic heterocycles. The Hall–Kier alpha value is -2.49. The van der Waals surface area contributed by atoms with Crippen molar-refractivity contribution in [3.63, 3.8) is 0 Å². The van der Waals surface area contributed by atoms with Gasteiger partial charge in [0.1, 0.15) is 18.1 Å². The molecular weight excluding hydrogens is 244 g/mol. The summed E-state index contributed by atoms with van der Waals surface area (Å²) in [5.74, 6) is 0.0664. The maximum atomic E-state index is 11.1. The average Bonchev–Trinajstić information content (AvgIpc) is 2.45. The van der Waals surface area contributed by atoms with Crippen LogP contribution in [-0.4, -0.2) is 23.8 Å². The van der Waals surface area contributed by atoms with E-state index in [0.717, 1.165) is 0 Å². The molecule has 19 heavy (non-hydrogen) atoms. The summed E-state index contributed by atoms with van der Waals surface area (Å²) < 4.78 is 10.8. The summed E-state index contributed by atoms with van der Waals surface area (Å²) in [6.07, 6.45) is -1.04. The minimum absolute atomic E-state index is 0.0474. The zero-order valence-corrected chi connectivity index (χ0v) is 10.2. The highest BCUT2D eigenvalue weighted by molar-refractivity contribution is 5.73. The van der Waals surface area contributed by atoms with Crippen molar-refractivity contribution in [2.75, 3.05) is 6.61 Å². The van der Waals surface area contributed by atoms with E-state index in [1.54, 1.807) is 36.4 Å². The number of aliphatic carboxylic acids is 1. The van der Waals surface area contributed by atoms with Crippen molar-refractivity contribution in [1.82, 2.24) is 0 Å². The Bertz CT molecular complexity index is 510. The second-order valence-corrected chi connectivity index (χ2v) is 3.88. The van der Waals surface area contributed by atoms with E-state index in [1.807, 2.05) is 24.3 Å². The third kappa shape index (κ3) is 4.03. The van der Waals surface area contributed by atoms with Crippen LogP contribution in [0.25, 0.3) is 0 Å². The minimum atomic E-state index is -1.06. The molecule has 98 valence electrons. The molecule has 2 aromatic rings. The van der Waals surface area contributed by atoms with E-state index in [4.69, 9.17) is 14.6 Å². The molecule has 4 heteroatoms. The second kappa shape index (κ2) is 6.44. The Balaban J connectivity index is 1.95. The number of rotatable bonds is 6. The van der Waals surface area contributed by atoms with E-state index in [0.29, 0.717) is 11.5 Å². The lowest BCUT2D eigenvalue weighted by molar-refractivity contribution is -0.146. The molecule has 1 N–H and O–H groups in total. The van der Waals surface area contributed by atoms with Crippen molar-refractivity contribution < 1.29 is 19.4 Å².